The molecule has 5 aromatic rings. The first-order valence-corrected chi connectivity index (χ1v) is 15.3. The van der Waals surface area contributed by atoms with Crippen LogP contribution in [0.15, 0.2) is 66.7 Å². The molecule has 2 aromatic heterocycles. The maximum absolute atomic E-state index is 12.3. The molecular weight excluding hydrogens is 510 g/mol. The Morgan fingerprint density at radius 3 is 2.40 bits per heavy atom. The molecule has 3 aliphatic rings. The van der Waals surface area contributed by atoms with E-state index < -0.39 is 16.7 Å². The molecule has 1 saturated carbocycles. The highest BCUT2D eigenvalue weighted by atomic mass is 32.1. The number of fused-ring (bicyclic) bond motifs is 14. The smallest absolute Gasteiger partial charge is 0.250 e. The maximum Gasteiger partial charge on any atom is 0.250 e. The number of pyridine rings is 1. The number of benzene rings is 3. The fraction of sp³-hybridized carbons (Fsp3) is 0.361. The van der Waals surface area contributed by atoms with Crippen LogP contribution in [0.2, 0.25) is 0 Å². The summed E-state index contributed by atoms with van der Waals surface area (Å²) in [5.41, 5.74) is 8.83. The highest BCUT2D eigenvalue weighted by molar-refractivity contribution is 7.22. The summed E-state index contributed by atoms with van der Waals surface area (Å²) in [4.78, 5) is 1.37. The van der Waals surface area contributed by atoms with Crippen molar-refractivity contribution in [2.75, 3.05) is 7.11 Å². The van der Waals surface area contributed by atoms with Crippen LogP contribution in [0.25, 0.3) is 42.7 Å². The number of hydrogen-bond acceptors (Lipinski definition) is 3. The van der Waals surface area contributed by atoms with Crippen molar-refractivity contribution in [3.63, 3.8) is 0 Å². The first-order chi connectivity index (χ1) is 19.0. The zero-order chi connectivity index (χ0) is 28.0. The Morgan fingerprint density at radius 2 is 1.65 bits per heavy atom. The molecular formula is C36H36NO2S+. The van der Waals surface area contributed by atoms with Gasteiger partial charge >= 0.3 is 0 Å². The largest absolute Gasteiger partial charge is 0.359 e. The lowest BCUT2D eigenvalue weighted by molar-refractivity contribution is -0.718. The van der Waals surface area contributed by atoms with Crippen LogP contribution in [-0.4, -0.2) is 18.0 Å². The van der Waals surface area contributed by atoms with Crippen LogP contribution >= 0.6 is 11.3 Å². The summed E-state index contributed by atoms with van der Waals surface area (Å²) in [7, 11) is 1.65. The number of nitrogens with zero attached hydrogens (tertiary/aromatic N) is 1. The molecule has 202 valence electrons. The minimum absolute atomic E-state index is 0.116. The molecule has 0 amide bonds. The van der Waals surface area contributed by atoms with Crippen LogP contribution in [0.5, 0.6) is 0 Å². The van der Waals surface area contributed by atoms with Gasteiger partial charge in [-0.05, 0) is 65.1 Å². The van der Waals surface area contributed by atoms with Gasteiger partial charge in [-0.15, -0.1) is 11.3 Å². The topological polar surface area (TPSA) is 33.3 Å². The average Bonchev–Trinajstić information content (AvgIpc) is 3.20. The van der Waals surface area contributed by atoms with Crippen molar-refractivity contribution >= 4 is 32.3 Å². The lowest BCUT2D eigenvalue weighted by atomic mass is 9.77. The molecule has 1 fully saturated rings. The molecule has 2 aliphatic carbocycles. The first-order valence-electron chi connectivity index (χ1n) is 14.5. The predicted octanol–water partition coefficient (Wildman–Crippen LogP) is 7.85. The van der Waals surface area contributed by atoms with Gasteiger partial charge in [0, 0.05) is 52.1 Å². The molecule has 3 nitrogen and oxygen atoms in total. The SMILES string of the molecule is COC1(O)C2(C)c3ccc4c(c3-c3ccc5cc(CC(C)C)ccc5[n+]3C12C)-c1sc2ccccc2c1C4(C)C. The van der Waals surface area contributed by atoms with Crippen molar-refractivity contribution in [1.29, 1.82) is 0 Å². The van der Waals surface area contributed by atoms with Crippen molar-refractivity contribution in [3.05, 3.63) is 89.0 Å². The lowest BCUT2D eigenvalue weighted by Crippen LogP contribution is -2.55. The van der Waals surface area contributed by atoms with Crippen LogP contribution in [-0.2, 0) is 27.5 Å². The molecule has 3 atom stereocenters. The molecule has 40 heavy (non-hydrogen) atoms. The Labute approximate surface area is 240 Å². The maximum atomic E-state index is 12.3. The number of aliphatic hydroxyl groups is 1. The van der Waals surface area contributed by atoms with Crippen molar-refractivity contribution in [3.8, 4) is 21.7 Å². The van der Waals surface area contributed by atoms with Gasteiger partial charge in [0.25, 0.3) is 0 Å². The number of thiophene rings is 1. The van der Waals surface area contributed by atoms with E-state index in [1.807, 2.05) is 11.3 Å². The molecule has 0 saturated heterocycles. The number of ether oxygens (including phenoxy) is 1. The first kappa shape index (κ1) is 24.7. The van der Waals surface area contributed by atoms with E-state index in [2.05, 4.69) is 113 Å². The van der Waals surface area contributed by atoms with Crippen LogP contribution in [0, 0.1) is 5.92 Å². The highest BCUT2D eigenvalue weighted by Crippen LogP contribution is 2.73. The van der Waals surface area contributed by atoms with Crippen molar-refractivity contribution in [1.82, 2.24) is 0 Å². The van der Waals surface area contributed by atoms with Crippen LogP contribution < -0.4 is 4.57 Å². The Balaban J connectivity index is 1.51. The zero-order valence-corrected chi connectivity index (χ0v) is 25.2. The molecule has 4 heteroatoms. The molecule has 1 aliphatic heterocycles. The number of methoxy groups -OCH3 is 1. The molecule has 0 radical (unpaired) electrons. The summed E-state index contributed by atoms with van der Waals surface area (Å²) in [5, 5.41) is 14.8. The standard InChI is InChI=1S/C36H36NO2S/c1-20(2)18-21-12-16-26-22(19-21)13-17-27-29-25(34(5)35(6,37(26)27)36(34,38)39-7)15-14-24-30(29)32-31(33(24,3)4)23-10-8-9-11-28(23)40-32/h8-17,19-20,38H,18H2,1-7H3/q+1. The van der Waals surface area contributed by atoms with Crippen LogP contribution in [0.3, 0.4) is 0 Å². The van der Waals surface area contributed by atoms with E-state index >= 15 is 0 Å². The third-order valence-electron chi connectivity index (χ3n) is 10.8. The Bertz CT molecular complexity index is 1930. The minimum Gasteiger partial charge on any atom is -0.359 e. The Hall–Kier alpha value is -3.05. The number of rotatable bonds is 3. The van der Waals surface area contributed by atoms with E-state index in [-0.39, 0.29) is 5.41 Å². The quantitative estimate of drug-likeness (QED) is 0.185. The Kier molecular flexibility index (Phi) is 4.58. The number of hydrogen-bond donors (Lipinski definition) is 1. The van der Waals surface area contributed by atoms with Crippen molar-refractivity contribution in [2.45, 2.75) is 70.1 Å². The predicted molar refractivity (Wildman–Crippen MR) is 164 cm³/mol. The molecule has 0 bridgehead atoms. The average molecular weight is 547 g/mol. The summed E-state index contributed by atoms with van der Waals surface area (Å²) < 4.78 is 9.80. The van der Waals surface area contributed by atoms with Gasteiger partial charge in [-0.1, -0.05) is 64.1 Å². The highest BCUT2D eigenvalue weighted by Gasteiger charge is 2.94. The van der Waals surface area contributed by atoms with E-state index in [1.54, 1.807) is 7.11 Å². The van der Waals surface area contributed by atoms with Gasteiger partial charge in [-0.25, -0.2) is 0 Å². The minimum atomic E-state index is -1.33. The molecule has 0 spiro atoms. The van der Waals surface area contributed by atoms with E-state index in [0.29, 0.717) is 5.92 Å². The summed E-state index contributed by atoms with van der Waals surface area (Å²) in [6.45, 7) is 13.6. The van der Waals surface area contributed by atoms with Gasteiger partial charge in [0.15, 0.2) is 0 Å². The fourth-order valence-electron chi connectivity index (χ4n) is 8.66. The molecule has 3 heterocycles. The Morgan fingerprint density at radius 1 is 0.900 bits per heavy atom. The number of aromatic nitrogens is 1. The third-order valence-corrected chi connectivity index (χ3v) is 11.9. The molecule has 8 rings (SSSR count). The van der Waals surface area contributed by atoms with Gasteiger partial charge in [0.1, 0.15) is 5.41 Å². The van der Waals surface area contributed by atoms with Gasteiger partial charge in [0.2, 0.25) is 22.5 Å². The summed E-state index contributed by atoms with van der Waals surface area (Å²) in [5.74, 6) is -0.736. The van der Waals surface area contributed by atoms with Crippen LogP contribution in [0.1, 0.15) is 63.8 Å². The van der Waals surface area contributed by atoms with Gasteiger partial charge < -0.3 is 9.84 Å². The summed E-state index contributed by atoms with van der Waals surface area (Å²) in [6.07, 6.45) is 1.05. The third kappa shape index (κ3) is 2.50. The van der Waals surface area contributed by atoms with Gasteiger partial charge in [-0.3, -0.25) is 0 Å². The fourth-order valence-corrected chi connectivity index (χ4v) is 10.1. The molecule has 1 N–H and O–H groups in total. The molecule has 3 unspecified atom stereocenters. The summed E-state index contributed by atoms with van der Waals surface area (Å²) in [6, 6.07) is 24.9. The zero-order valence-electron chi connectivity index (χ0n) is 24.3. The summed E-state index contributed by atoms with van der Waals surface area (Å²) >= 11 is 1.91. The second-order valence-corrected chi connectivity index (χ2v) is 14.5. The van der Waals surface area contributed by atoms with E-state index in [1.165, 1.54) is 53.7 Å². The van der Waals surface area contributed by atoms with Gasteiger partial charge in [-0.2, -0.15) is 4.57 Å². The second kappa shape index (κ2) is 7.42. The van der Waals surface area contributed by atoms with E-state index in [9.17, 15) is 5.11 Å². The molecule has 3 aromatic carbocycles. The van der Waals surface area contributed by atoms with Crippen molar-refractivity contribution < 1.29 is 14.4 Å². The van der Waals surface area contributed by atoms with Gasteiger partial charge in [0.05, 0.1) is 5.56 Å². The van der Waals surface area contributed by atoms with Crippen molar-refractivity contribution in [2.24, 2.45) is 5.92 Å². The second-order valence-electron chi connectivity index (χ2n) is 13.4. The van der Waals surface area contributed by atoms with E-state index in [4.69, 9.17) is 4.74 Å². The monoisotopic (exact) mass is 546 g/mol. The van der Waals surface area contributed by atoms with Crippen LogP contribution in [0.4, 0.5) is 0 Å². The lowest BCUT2D eigenvalue weighted by Gasteiger charge is -2.28. The van der Waals surface area contributed by atoms with E-state index in [0.717, 1.165) is 17.6 Å². The normalized spacial score (nSPS) is 26.9.